The number of rotatable bonds is 0. The smallest absolute Gasteiger partial charge is 0.155 e. The van der Waals surface area contributed by atoms with E-state index in [0.717, 1.165) is 31.5 Å². The van der Waals surface area contributed by atoms with Gasteiger partial charge in [0, 0.05) is 25.6 Å². The summed E-state index contributed by atoms with van der Waals surface area (Å²) < 4.78 is 0. The molecule has 0 unspecified atom stereocenters. The van der Waals surface area contributed by atoms with Crippen LogP contribution in [0, 0.1) is 5.92 Å². The topological polar surface area (TPSA) is 23.6 Å². The van der Waals surface area contributed by atoms with Crippen molar-refractivity contribution in [1.29, 1.82) is 0 Å². The summed E-state index contributed by atoms with van der Waals surface area (Å²) >= 11 is 0. The molecule has 3 aliphatic heterocycles. The van der Waals surface area contributed by atoms with Gasteiger partial charge >= 0.3 is 0 Å². The molecule has 3 saturated heterocycles. The van der Waals surface area contributed by atoms with Crippen LogP contribution >= 0.6 is 0 Å². The molecule has 0 bridgehead atoms. The largest absolute Gasteiger partial charge is 0.295 e. The average molecular weight is 246 g/mol. The lowest BCUT2D eigenvalue weighted by atomic mass is 9.75. The molecule has 18 heavy (non-hydrogen) atoms. The maximum atomic E-state index is 11.6. The minimum Gasteiger partial charge on any atom is -0.295 e. The van der Waals surface area contributed by atoms with Crippen LogP contribution in [0.5, 0.6) is 0 Å². The summed E-state index contributed by atoms with van der Waals surface area (Å²) in [6, 6.07) is 0.734. The molecule has 0 aromatic heterocycles. The fourth-order valence-corrected chi connectivity index (χ4v) is 4.70. The van der Waals surface area contributed by atoms with Gasteiger partial charge in [0.1, 0.15) is 0 Å². The van der Waals surface area contributed by atoms with Crippen molar-refractivity contribution in [2.45, 2.75) is 50.7 Å². The Bertz CT molecular complexity index is 403. The number of carbonyl (C=O) groups is 1. The Labute approximate surface area is 109 Å². The summed E-state index contributed by atoms with van der Waals surface area (Å²) in [4.78, 5) is 17.0. The number of nitrogens with zero attached hydrogens (tertiary/aromatic N) is 2. The number of allylic oxidation sites excluding steroid dienone is 1. The van der Waals surface area contributed by atoms with Crippen molar-refractivity contribution in [2.24, 2.45) is 5.92 Å². The second-order valence-electron chi connectivity index (χ2n) is 6.33. The third-order valence-corrected chi connectivity index (χ3v) is 5.50. The second kappa shape index (κ2) is 4.17. The van der Waals surface area contributed by atoms with E-state index in [2.05, 4.69) is 9.80 Å². The van der Waals surface area contributed by atoms with Gasteiger partial charge in [-0.1, -0.05) is 5.57 Å². The monoisotopic (exact) mass is 246 g/mol. The van der Waals surface area contributed by atoms with Crippen LogP contribution < -0.4 is 0 Å². The first-order chi connectivity index (χ1) is 8.83. The zero-order valence-corrected chi connectivity index (χ0v) is 11.0. The molecular formula is C15H22N2O. The molecule has 0 aromatic carbocycles. The number of hydrogen-bond donors (Lipinski definition) is 0. The molecule has 4 rings (SSSR count). The van der Waals surface area contributed by atoms with E-state index in [0.29, 0.717) is 11.7 Å². The van der Waals surface area contributed by atoms with Gasteiger partial charge < -0.3 is 0 Å². The van der Waals surface area contributed by atoms with Crippen molar-refractivity contribution in [3.05, 3.63) is 11.6 Å². The predicted octanol–water partition coefficient (Wildman–Crippen LogP) is 1.79. The number of fused-ring (bicyclic) bond motifs is 5. The van der Waals surface area contributed by atoms with E-state index in [4.69, 9.17) is 0 Å². The standard InChI is InChI=1S/C15H22N2O/c18-12-3-4-13-11(10-12)5-9-17-14(13)6-8-16-7-1-2-15(16)17/h10,13-15H,1-9H2/t13-,14+,15+/m0/s1. The first-order valence-electron chi connectivity index (χ1n) is 7.56. The molecule has 0 aromatic rings. The van der Waals surface area contributed by atoms with Crippen LogP contribution in [0.3, 0.4) is 0 Å². The van der Waals surface area contributed by atoms with Crippen LogP contribution in [-0.4, -0.2) is 47.4 Å². The van der Waals surface area contributed by atoms with Crippen molar-refractivity contribution in [3.63, 3.8) is 0 Å². The minimum absolute atomic E-state index is 0.369. The van der Waals surface area contributed by atoms with Gasteiger partial charge in [0.25, 0.3) is 0 Å². The molecule has 1 aliphatic carbocycles. The molecule has 0 amide bonds. The molecule has 0 radical (unpaired) electrons. The molecule has 3 nitrogen and oxygen atoms in total. The fraction of sp³-hybridized carbons (Fsp3) is 0.800. The first-order valence-corrected chi connectivity index (χ1v) is 7.56. The van der Waals surface area contributed by atoms with E-state index < -0.39 is 0 Å². The summed E-state index contributed by atoms with van der Waals surface area (Å²) in [5.74, 6) is 1.06. The Kier molecular flexibility index (Phi) is 2.59. The van der Waals surface area contributed by atoms with Gasteiger partial charge in [0.15, 0.2) is 5.78 Å². The lowest BCUT2D eigenvalue weighted by Crippen LogP contribution is -2.60. The van der Waals surface area contributed by atoms with E-state index in [9.17, 15) is 4.79 Å². The van der Waals surface area contributed by atoms with E-state index >= 15 is 0 Å². The average Bonchev–Trinajstić information content (AvgIpc) is 2.86. The number of carbonyl (C=O) groups excluding carboxylic acids is 1. The first kappa shape index (κ1) is 11.2. The Morgan fingerprint density at radius 3 is 2.94 bits per heavy atom. The van der Waals surface area contributed by atoms with Crippen molar-refractivity contribution >= 4 is 5.78 Å². The third kappa shape index (κ3) is 1.60. The van der Waals surface area contributed by atoms with E-state index in [1.165, 1.54) is 44.5 Å². The highest BCUT2D eigenvalue weighted by molar-refractivity contribution is 5.91. The summed E-state index contributed by atoms with van der Waals surface area (Å²) in [6.45, 7) is 3.77. The summed E-state index contributed by atoms with van der Waals surface area (Å²) in [6.07, 6.45) is 9.78. The quantitative estimate of drug-likeness (QED) is 0.651. The van der Waals surface area contributed by atoms with Crippen molar-refractivity contribution in [2.75, 3.05) is 19.6 Å². The van der Waals surface area contributed by atoms with E-state index in [1.807, 2.05) is 6.08 Å². The lowest BCUT2D eigenvalue weighted by molar-refractivity contribution is -0.116. The van der Waals surface area contributed by atoms with Crippen LogP contribution in [0.1, 0.15) is 38.5 Å². The molecule has 0 spiro atoms. The van der Waals surface area contributed by atoms with Gasteiger partial charge in [-0.3, -0.25) is 14.6 Å². The third-order valence-electron chi connectivity index (χ3n) is 5.50. The molecule has 4 aliphatic rings. The fourth-order valence-electron chi connectivity index (χ4n) is 4.70. The molecule has 3 fully saturated rings. The SMILES string of the molecule is O=C1C=C2CCN3[C@H](CCN4CCC[C@H]43)[C@H]2CC1. The van der Waals surface area contributed by atoms with Gasteiger partial charge in [0.2, 0.25) is 0 Å². The minimum atomic E-state index is 0.369. The molecule has 3 heterocycles. The molecule has 3 heteroatoms. The van der Waals surface area contributed by atoms with Crippen molar-refractivity contribution < 1.29 is 4.79 Å². The van der Waals surface area contributed by atoms with Gasteiger partial charge in [-0.05, 0) is 50.6 Å². The Balaban J connectivity index is 1.61. The molecular weight excluding hydrogens is 224 g/mol. The van der Waals surface area contributed by atoms with Crippen LogP contribution in [0.4, 0.5) is 0 Å². The predicted molar refractivity (Wildman–Crippen MR) is 70.1 cm³/mol. The van der Waals surface area contributed by atoms with Crippen LogP contribution in [-0.2, 0) is 4.79 Å². The van der Waals surface area contributed by atoms with Gasteiger partial charge in [-0.25, -0.2) is 0 Å². The zero-order valence-electron chi connectivity index (χ0n) is 11.0. The Morgan fingerprint density at radius 2 is 2.00 bits per heavy atom. The van der Waals surface area contributed by atoms with E-state index in [-0.39, 0.29) is 0 Å². The maximum Gasteiger partial charge on any atom is 0.155 e. The van der Waals surface area contributed by atoms with E-state index in [1.54, 1.807) is 0 Å². The Morgan fingerprint density at radius 1 is 1.06 bits per heavy atom. The molecule has 98 valence electrons. The van der Waals surface area contributed by atoms with Gasteiger partial charge in [0.05, 0.1) is 6.17 Å². The summed E-state index contributed by atoms with van der Waals surface area (Å²) in [5.41, 5.74) is 1.47. The summed E-state index contributed by atoms with van der Waals surface area (Å²) in [5, 5.41) is 0. The highest BCUT2D eigenvalue weighted by atomic mass is 16.1. The van der Waals surface area contributed by atoms with Gasteiger partial charge in [-0.15, -0.1) is 0 Å². The molecule has 0 N–H and O–H groups in total. The van der Waals surface area contributed by atoms with Crippen molar-refractivity contribution in [1.82, 2.24) is 9.80 Å². The van der Waals surface area contributed by atoms with Crippen LogP contribution in [0.2, 0.25) is 0 Å². The summed E-state index contributed by atoms with van der Waals surface area (Å²) in [7, 11) is 0. The molecule has 0 saturated carbocycles. The van der Waals surface area contributed by atoms with Crippen molar-refractivity contribution in [3.8, 4) is 0 Å². The lowest BCUT2D eigenvalue weighted by Gasteiger charge is -2.52. The highest BCUT2D eigenvalue weighted by Gasteiger charge is 2.44. The number of ketones is 1. The zero-order chi connectivity index (χ0) is 12.1. The highest BCUT2D eigenvalue weighted by Crippen LogP contribution is 2.41. The van der Waals surface area contributed by atoms with Crippen LogP contribution in [0.25, 0.3) is 0 Å². The van der Waals surface area contributed by atoms with Crippen LogP contribution in [0.15, 0.2) is 11.6 Å². The molecule has 3 atom stereocenters. The van der Waals surface area contributed by atoms with Gasteiger partial charge in [-0.2, -0.15) is 0 Å². The second-order valence-corrected chi connectivity index (χ2v) is 6.33. The maximum absolute atomic E-state index is 11.6. The Hall–Kier alpha value is -0.670. The normalized spacial score (nSPS) is 41.0. The number of hydrogen-bond acceptors (Lipinski definition) is 3. The number of piperidine rings is 1.